The highest BCUT2D eigenvalue weighted by atomic mass is 32.1. The van der Waals surface area contributed by atoms with E-state index in [9.17, 15) is 4.79 Å². The quantitative estimate of drug-likeness (QED) is 0.926. The van der Waals surface area contributed by atoms with Crippen molar-refractivity contribution in [1.29, 1.82) is 0 Å². The Bertz CT molecular complexity index is 700. The predicted molar refractivity (Wildman–Crippen MR) is 97.2 cm³/mol. The molecule has 0 saturated carbocycles. The number of amides is 1. The molecule has 1 N–H and O–H groups in total. The molecule has 2 aromatic rings. The lowest BCUT2D eigenvalue weighted by Crippen LogP contribution is -2.47. The van der Waals surface area contributed by atoms with Gasteiger partial charge >= 0.3 is 0 Å². The van der Waals surface area contributed by atoms with Crippen molar-refractivity contribution in [2.45, 2.75) is 44.4 Å². The summed E-state index contributed by atoms with van der Waals surface area (Å²) in [5, 5.41) is 7.13. The number of hydrogen-bond donors (Lipinski definition) is 1. The number of thiophene rings is 1. The molecular weight excluding hydrogens is 320 g/mol. The van der Waals surface area contributed by atoms with Crippen LogP contribution in [0, 0.1) is 0 Å². The van der Waals surface area contributed by atoms with Crippen molar-refractivity contribution in [3.8, 4) is 0 Å². The van der Waals surface area contributed by atoms with E-state index in [1.54, 1.807) is 11.3 Å². The molecule has 5 heteroatoms. The Morgan fingerprint density at radius 3 is 2.92 bits per heavy atom. The number of ether oxygens (including phenoxy) is 1. The zero-order valence-corrected chi connectivity index (χ0v) is 14.7. The monoisotopic (exact) mass is 344 g/mol. The van der Waals surface area contributed by atoms with Gasteiger partial charge in [-0.05, 0) is 60.2 Å². The fourth-order valence-corrected chi connectivity index (χ4v) is 4.44. The molecule has 2 fully saturated rings. The van der Waals surface area contributed by atoms with Crippen LogP contribution in [-0.2, 0) is 16.1 Å². The van der Waals surface area contributed by atoms with Crippen LogP contribution >= 0.6 is 11.3 Å². The van der Waals surface area contributed by atoms with Gasteiger partial charge in [0, 0.05) is 37.0 Å². The molecule has 1 aromatic heterocycles. The van der Waals surface area contributed by atoms with E-state index < -0.39 is 0 Å². The fraction of sp³-hybridized carbons (Fsp3) is 0.526. The molecule has 0 unspecified atom stereocenters. The van der Waals surface area contributed by atoms with Crippen molar-refractivity contribution in [2.24, 2.45) is 0 Å². The van der Waals surface area contributed by atoms with E-state index in [4.69, 9.17) is 4.74 Å². The van der Waals surface area contributed by atoms with Crippen LogP contribution in [0.15, 0.2) is 29.6 Å². The standard InChI is InChI=1S/C19H24N2O2S/c22-19(17-2-1-10-23-17)21-8-5-16(6-9-21)20-13-14-3-4-18-15(12-14)7-11-24-18/h3-4,7,11-12,16-17,20H,1-2,5-6,8-10,13H2/t17-/m0/s1. The molecule has 1 aromatic carbocycles. The van der Waals surface area contributed by atoms with Crippen molar-refractivity contribution >= 4 is 27.3 Å². The van der Waals surface area contributed by atoms with Gasteiger partial charge in [0.15, 0.2) is 0 Å². The highest BCUT2D eigenvalue weighted by Crippen LogP contribution is 2.22. The molecular formula is C19H24N2O2S. The largest absolute Gasteiger partial charge is 0.368 e. The molecule has 24 heavy (non-hydrogen) atoms. The third-order valence-corrected chi connectivity index (χ3v) is 6.02. The van der Waals surface area contributed by atoms with Gasteiger partial charge in [-0.1, -0.05) is 6.07 Å². The molecule has 2 aliphatic rings. The Kier molecular flexibility index (Phi) is 4.83. The minimum atomic E-state index is -0.174. The van der Waals surface area contributed by atoms with Gasteiger partial charge in [0.25, 0.3) is 5.91 Å². The second-order valence-electron chi connectivity index (χ2n) is 6.77. The third-order valence-electron chi connectivity index (χ3n) is 5.12. The minimum absolute atomic E-state index is 0.174. The van der Waals surface area contributed by atoms with Crippen LogP contribution in [0.25, 0.3) is 10.1 Å². The number of carbonyl (C=O) groups is 1. The zero-order chi connectivity index (χ0) is 16.4. The van der Waals surface area contributed by atoms with E-state index in [1.165, 1.54) is 15.6 Å². The molecule has 0 spiro atoms. The summed E-state index contributed by atoms with van der Waals surface area (Å²) in [5.74, 6) is 0.203. The molecule has 2 saturated heterocycles. The van der Waals surface area contributed by atoms with Crippen LogP contribution < -0.4 is 5.32 Å². The van der Waals surface area contributed by atoms with Gasteiger partial charge in [-0.25, -0.2) is 0 Å². The number of hydrogen-bond acceptors (Lipinski definition) is 4. The molecule has 0 aliphatic carbocycles. The van der Waals surface area contributed by atoms with Gasteiger partial charge in [0.05, 0.1) is 0 Å². The number of benzene rings is 1. The van der Waals surface area contributed by atoms with Gasteiger partial charge in [0.2, 0.25) is 0 Å². The maximum atomic E-state index is 12.4. The number of fused-ring (bicyclic) bond motifs is 1. The normalized spacial score (nSPS) is 22.3. The van der Waals surface area contributed by atoms with Crippen molar-refractivity contribution in [3.05, 3.63) is 35.2 Å². The van der Waals surface area contributed by atoms with Crippen LogP contribution in [0.2, 0.25) is 0 Å². The summed E-state index contributed by atoms with van der Waals surface area (Å²) in [6.45, 7) is 3.33. The highest BCUT2D eigenvalue weighted by molar-refractivity contribution is 7.17. The molecule has 128 valence electrons. The van der Waals surface area contributed by atoms with E-state index in [-0.39, 0.29) is 12.0 Å². The number of piperidine rings is 1. The van der Waals surface area contributed by atoms with Gasteiger partial charge in [0.1, 0.15) is 6.10 Å². The van der Waals surface area contributed by atoms with E-state index in [1.807, 2.05) is 4.90 Å². The van der Waals surface area contributed by atoms with Crippen molar-refractivity contribution in [1.82, 2.24) is 10.2 Å². The second-order valence-corrected chi connectivity index (χ2v) is 7.72. The molecule has 2 aliphatic heterocycles. The van der Waals surface area contributed by atoms with Crippen LogP contribution in [0.3, 0.4) is 0 Å². The summed E-state index contributed by atoms with van der Waals surface area (Å²) in [5.41, 5.74) is 1.33. The number of carbonyl (C=O) groups excluding carboxylic acids is 1. The maximum Gasteiger partial charge on any atom is 0.251 e. The Morgan fingerprint density at radius 1 is 1.25 bits per heavy atom. The van der Waals surface area contributed by atoms with Crippen molar-refractivity contribution < 1.29 is 9.53 Å². The number of rotatable bonds is 4. The Hall–Kier alpha value is -1.43. The predicted octanol–water partition coefficient (Wildman–Crippen LogP) is 3.16. The van der Waals surface area contributed by atoms with E-state index >= 15 is 0 Å². The van der Waals surface area contributed by atoms with Gasteiger partial charge in [-0.15, -0.1) is 11.3 Å². The Labute approximate surface area is 146 Å². The molecule has 3 heterocycles. The first-order valence-electron chi connectivity index (χ1n) is 8.89. The van der Waals surface area contributed by atoms with Gasteiger partial charge in [-0.3, -0.25) is 4.79 Å². The zero-order valence-electron chi connectivity index (χ0n) is 13.9. The molecule has 4 nitrogen and oxygen atoms in total. The highest BCUT2D eigenvalue weighted by Gasteiger charge is 2.30. The topological polar surface area (TPSA) is 41.6 Å². The average molecular weight is 344 g/mol. The summed E-state index contributed by atoms with van der Waals surface area (Å²) in [7, 11) is 0. The Morgan fingerprint density at radius 2 is 2.12 bits per heavy atom. The SMILES string of the molecule is O=C([C@@H]1CCCO1)N1CCC(NCc2ccc3sccc3c2)CC1. The lowest BCUT2D eigenvalue weighted by molar-refractivity contribution is -0.142. The van der Waals surface area contributed by atoms with Crippen LogP contribution in [-0.4, -0.2) is 42.6 Å². The number of nitrogens with one attached hydrogen (secondary N) is 1. The molecule has 0 radical (unpaired) electrons. The molecule has 1 amide bonds. The smallest absolute Gasteiger partial charge is 0.251 e. The lowest BCUT2D eigenvalue weighted by atomic mass is 10.0. The summed E-state index contributed by atoms with van der Waals surface area (Å²) in [6.07, 6.45) is 3.79. The summed E-state index contributed by atoms with van der Waals surface area (Å²) in [4.78, 5) is 14.4. The van der Waals surface area contributed by atoms with Gasteiger partial charge < -0.3 is 15.0 Å². The van der Waals surface area contributed by atoms with Crippen LogP contribution in [0.1, 0.15) is 31.2 Å². The number of likely N-dealkylation sites (tertiary alicyclic amines) is 1. The fourth-order valence-electron chi connectivity index (χ4n) is 3.67. The second kappa shape index (κ2) is 7.21. The summed E-state index contributed by atoms with van der Waals surface area (Å²) >= 11 is 1.79. The molecule has 0 bridgehead atoms. The van der Waals surface area contributed by atoms with Crippen molar-refractivity contribution in [3.63, 3.8) is 0 Å². The molecule has 4 rings (SSSR count). The van der Waals surface area contributed by atoms with Crippen LogP contribution in [0.4, 0.5) is 0 Å². The maximum absolute atomic E-state index is 12.4. The van der Waals surface area contributed by atoms with E-state index in [0.29, 0.717) is 6.04 Å². The first-order valence-corrected chi connectivity index (χ1v) is 9.77. The minimum Gasteiger partial charge on any atom is -0.368 e. The molecule has 1 atom stereocenters. The average Bonchev–Trinajstić information content (AvgIpc) is 3.31. The summed E-state index contributed by atoms with van der Waals surface area (Å²) in [6, 6.07) is 9.37. The van der Waals surface area contributed by atoms with Crippen LogP contribution in [0.5, 0.6) is 0 Å². The number of nitrogens with zero attached hydrogens (tertiary/aromatic N) is 1. The summed E-state index contributed by atoms with van der Waals surface area (Å²) < 4.78 is 6.87. The first-order chi connectivity index (χ1) is 11.8. The third kappa shape index (κ3) is 3.48. The van der Waals surface area contributed by atoms with Gasteiger partial charge in [-0.2, -0.15) is 0 Å². The lowest BCUT2D eigenvalue weighted by Gasteiger charge is -2.33. The first kappa shape index (κ1) is 16.1. The Balaban J connectivity index is 1.26. The van der Waals surface area contributed by atoms with Crippen molar-refractivity contribution in [2.75, 3.05) is 19.7 Å². The van der Waals surface area contributed by atoms with E-state index in [2.05, 4.69) is 35.0 Å². The van der Waals surface area contributed by atoms with E-state index in [0.717, 1.165) is 51.9 Å².